The zero-order chi connectivity index (χ0) is 23.7. The van der Waals surface area contributed by atoms with Crippen molar-refractivity contribution >= 4 is 61.0 Å². The maximum Gasteiger partial charge on any atom is 0.322 e. The number of benzene rings is 2. The number of anilines is 2. The van der Waals surface area contributed by atoms with E-state index >= 15 is 0 Å². The van der Waals surface area contributed by atoms with Gasteiger partial charge in [-0.1, -0.05) is 25.1 Å². The van der Waals surface area contributed by atoms with Crippen LogP contribution in [-0.2, 0) is 11.3 Å². The van der Waals surface area contributed by atoms with Crippen LogP contribution in [0.3, 0.4) is 0 Å². The van der Waals surface area contributed by atoms with Crippen LogP contribution < -0.4 is 11.1 Å². The van der Waals surface area contributed by atoms with E-state index in [1.165, 1.54) is 0 Å². The number of carbonyl (C=O) groups excluding carboxylic acids is 3. The van der Waals surface area contributed by atoms with Crippen molar-refractivity contribution in [3.05, 3.63) is 56.5 Å². The third-order valence-electron chi connectivity index (χ3n) is 6.41. The van der Waals surface area contributed by atoms with Crippen molar-refractivity contribution in [2.24, 2.45) is 5.92 Å². The summed E-state index contributed by atoms with van der Waals surface area (Å²) in [5, 5.41) is 2.96. The van der Waals surface area contributed by atoms with Crippen molar-refractivity contribution < 1.29 is 14.4 Å². The van der Waals surface area contributed by atoms with Gasteiger partial charge in [-0.3, -0.25) is 9.59 Å². The first-order valence-electron chi connectivity index (χ1n) is 11.0. The Hall–Kier alpha value is -2.39. The fourth-order valence-corrected chi connectivity index (χ4v) is 5.63. The number of nitrogens with zero attached hydrogens (tertiary/aromatic N) is 2. The van der Waals surface area contributed by atoms with Gasteiger partial charge < -0.3 is 20.9 Å². The lowest BCUT2D eigenvalue weighted by Crippen LogP contribution is -2.51. The third kappa shape index (κ3) is 5.09. The Kier molecular flexibility index (Phi) is 7.09. The van der Waals surface area contributed by atoms with Gasteiger partial charge in [-0.15, -0.1) is 0 Å². The van der Waals surface area contributed by atoms with E-state index in [2.05, 4.69) is 37.2 Å². The Morgan fingerprint density at radius 3 is 2.45 bits per heavy atom. The van der Waals surface area contributed by atoms with Crippen LogP contribution in [0.1, 0.15) is 42.1 Å². The molecule has 0 saturated carbocycles. The van der Waals surface area contributed by atoms with E-state index in [9.17, 15) is 14.4 Å². The second kappa shape index (κ2) is 9.85. The molecule has 2 aliphatic heterocycles. The lowest BCUT2D eigenvalue weighted by atomic mass is 9.94. The van der Waals surface area contributed by atoms with E-state index in [0.717, 1.165) is 24.1 Å². The number of hydrogen-bond donors (Lipinski definition) is 2. The normalized spacial score (nSPS) is 17.4. The first-order valence-corrected chi connectivity index (χ1v) is 12.5. The van der Waals surface area contributed by atoms with Gasteiger partial charge >= 0.3 is 6.03 Å². The molecule has 174 valence electrons. The van der Waals surface area contributed by atoms with Gasteiger partial charge in [-0.2, -0.15) is 0 Å². The van der Waals surface area contributed by atoms with Gasteiger partial charge in [0.05, 0.1) is 5.69 Å². The second-order valence-corrected chi connectivity index (χ2v) is 10.4. The Bertz CT molecular complexity index is 1080. The summed E-state index contributed by atoms with van der Waals surface area (Å²) in [5.74, 6) is -0.568. The quantitative estimate of drug-likeness (QED) is 0.384. The average molecular weight is 578 g/mol. The molecular weight excluding hydrogens is 552 g/mol. The molecular formula is C24H26Br2N4O3. The highest BCUT2D eigenvalue weighted by molar-refractivity contribution is 9.11. The minimum absolute atomic E-state index is 0.0312. The van der Waals surface area contributed by atoms with Crippen LogP contribution >= 0.6 is 31.9 Å². The maximum atomic E-state index is 12.9. The predicted molar refractivity (Wildman–Crippen MR) is 135 cm³/mol. The number of fused-ring (bicyclic) bond motifs is 1. The minimum atomic E-state index is -0.443. The number of nitrogens with two attached hydrogens (primary N) is 1. The second-order valence-electron chi connectivity index (χ2n) is 8.65. The summed E-state index contributed by atoms with van der Waals surface area (Å²) >= 11 is 6.73. The molecule has 0 aromatic heterocycles. The fraction of sp³-hybridized carbons (Fsp3) is 0.375. The Labute approximate surface area is 209 Å². The van der Waals surface area contributed by atoms with Crippen LogP contribution in [0.2, 0.25) is 0 Å². The van der Waals surface area contributed by atoms with Crippen LogP contribution in [0.25, 0.3) is 0 Å². The van der Waals surface area contributed by atoms with E-state index in [1.54, 1.807) is 19.1 Å². The third-order valence-corrected chi connectivity index (χ3v) is 7.72. The number of Topliss-reactive ketones (excluding diaryl/α,β-unsaturated/α-hetero) is 1. The molecule has 0 radical (unpaired) electrons. The number of para-hydroxylation sites is 1. The highest BCUT2D eigenvalue weighted by Crippen LogP contribution is 2.31. The molecule has 4 rings (SSSR count). The van der Waals surface area contributed by atoms with Crippen LogP contribution in [-0.4, -0.2) is 46.7 Å². The summed E-state index contributed by atoms with van der Waals surface area (Å²) < 4.78 is 1.29. The summed E-state index contributed by atoms with van der Waals surface area (Å²) in [6.45, 7) is 3.52. The van der Waals surface area contributed by atoms with Gasteiger partial charge in [-0.25, -0.2) is 4.79 Å². The topological polar surface area (TPSA) is 95.7 Å². The van der Waals surface area contributed by atoms with Gasteiger partial charge in [0.2, 0.25) is 5.91 Å². The molecule has 33 heavy (non-hydrogen) atoms. The molecule has 0 unspecified atom stereocenters. The Morgan fingerprint density at radius 2 is 1.79 bits per heavy atom. The summed E-state index contributed by atoms with van der Waals surface area (Å²) in [6.07, 6.45) is 1.60. The minimum Gasteiger partial charge on any atom is -0.397 e. The fourth-order valence-electron chi connectivity index (χ4n) is 4.44. The number of nitrogen functional groups attached to an aromatic ring is 1. The molecule has 2 aromatic carbocycles. The van der Waals surface area contributed by atoms with Crippen LogP contribution in [0.4, 0.5) is 16.2 Å². The Morgan fingerprint density at radius 1 is 1.15 bits per heavy atom. The molecule has 2 aliphatic rings. The average Bonchev–Trinajstić information content (AvgIpc) is 2.81. The molecule has 9 heteroatoms. The zero-order valence-corrected chi connectivity index (χ0v) is 21.5. The smallest absolute Gasteiger partial charge is 0.322 e. The lowest BCUT2D eigenvalue weighted by Gasteiger charge is -2.40. The summed E-state index contributed by atoms with van der Waals surface area (Å²) in [4.78, 5) is 42.0. The summed E-state index contributed by atoms with van der Waals surface area (Å²) in [5.41, 5.74) is 8.92. The molecule has 3 N–H and O–H groups in total. The molecule has 3 amide bonds. The number of likely N-dealkylation sites (tertiary alicyclic amines) is 1. The number of urea groups is 1. The molecule has 2 aromatic rings. The Balaban J connectivity index is 1.32. The number of carbonyl (C=O) groups is 3. The van der Waals surface area contributed by atoms with Crippen molar-refractivity contribution in [1.82, 2.24) is 9.80 Å². The highest BCUT2D eigenvalue weighted by Gasteiger charge is 2.33. The molecule has 0 aliphatic carbocycles. The van der Waals surface area contributed by atoms with Crippen molar-refractivity contribution in [2.75, 3.05) is 24.1 Å². The summed E-state index contributed by atoms with van der Waals surface area (Å²) in [6, 6.07) is 11.2. The van der Waals surface area contributed by atoms with Crippen LogP contribution in [0.15, 0.2) is 45.3 Å². The van der Waals surface area contributed by atoms with Crippen LogP contribution in [0, 0.1) is 5.92 Å². The van der Waals surface area contributed by atoms with Gasteiger partial charge in [0.1, 0.15) is 0 Å². The molecule has 1 saturated heterocycles. The van der Waals surface area contributed by atoms with Crippen molar-refractivity contribution in [1.29, 1.82) is 0 Å². The first kappa shape index (κ1) is 23.8. The van der Waals surface area contributed by atoms with Gasteiger partial charge in [-0.05, 0) is 68.5 Å². The van der Waals surface area contributed by atoms with E-state index in [-0.39, 0.29) is 30.2 Å². The number of amides is 3. The van der Waals surface area contributed by atoms with E-state index in [0.29, 0.717) is 39.8 Å². The van der Waals surface area contributed by atoms with Gasteiger partial charge in [0.25, 0.3) is 0 Å². The van der Waals surface area contributed by atoms with Crippen LogP contribution in [0.5, 0.6) is 0 Å². The number of hydrogen-bond acceptors (Lipinski definition) is 4. The van der Waals surface area contributed by atoms with Crippen molar-refractivity contribution in [3.63, 3.8) is 0 Å². The van der Waals surface area contributed by atoms with Gasteiger partial charge in [0, 0.05) is 58.2 Å². The van der Waals surface area contributed by atoms with E-state index in [4.69, 9.17) is 5.73 Å². The summed E-state index contributed by atoms with van der Waals surface area (Å²) in [7, 11) is 0. The first-order chi connectivity index (χ1) is 15.7. The van der Waals surface area contributed by atoms with Gasteiger partial charge in [0.15, 0.2) is 5.78 Å². The molecule has 1 atom stereocenters. The number of rotatable bonds is 5. The monoisotopic (exact) mass is 576 g/mol. The molecule has 7 nitrogen and oxygen atoms in total. The van der Waals surface area contributed by atoms with Crippen molar-refractivity contribution in [2.45, 2.75) is 38.8 Å². The van der Waals surface area contributed by atoms with E-state index < -0.39 is 5.92 Å². The number of ketones is 1. The number of nitrogens with one attached hydrogen (secondary N) is 1. The number of halogens is 2. The van der Waals surface area contributed by atoms with E-state index in [1.807, 2.05) is 34.1 Å². The molecule has 0 bridgehead atoms. The largest absolute Gasteiger partial charge is 0.397 e. The predicted octanol–water partition coefficient (Wildman–Crippen LogP) is 5.04. The zero-order valence-electron chi connectivity index (χ0n) is 18.3. The standard InChI is InChI=1S/C24H26Br2N4O3/c1-14(23(32)16-11-18(25)22(27)19(26)12-16)10-21(31)29-8-6-17(7-9-29)30-13-15-4-2-3-5-20(15)28-24(30)33/h2-5,11-12,14,17H,6-10,13,27H2,1H3,(H,28,33)/t14-/m1/s1. The molecule has 1 fully saturated rings. The molecule has 2 heterocycles. The lowest BCUT2D eigenvalue weighted by molar-refractivity contribution is -0.133. The number of piperidine rings is 1. The SMILES string of the molecule is C[C@H](CC(=O)N1CCC(N2Cc3ccccc3NC2=O)CC1)C(=O)c1cc(Br)c(N)c(Br)c1. The highest BCUT2D eigenvalue weighted by atomic mass is 79.9. The maximum absolute atomic E-state index is 12.9. The van der Waals surface area contributed by atoms with Crippen molar-refractivity contribution in [3.8, 4) is 0 Å². The molecule has 0 spiro atoms.